The van der Waals surface area contributed by atoms with Gasteiger partial charge < -0.3 is 10.2 Å². The van der Waals surface area contributed by atoms with E-state index in [4.69, 9.17) is 9.97 Å². The third kappa shape index (κ3) is 3.56. The Labute approximate surface area is 189 Å². The molecular weight excluding hydrogens is 405 g/mol. The molecule has 1 N–H and O–H groups in total. The van der Waals surface area contributed by atoms with E-state index in [1.807, 2.05) is 18.0 Å². The Morgan fingerprint density at radius 2 is 2.00 bits per heavy atom. The van der Waals surface area contributed by atoms with E-state index in [0.29, 0.717) is 13.1 Å². The Kier molecular flexibility index (Phi) is 5.61. The zero-order valence-electron chi connectivity index (χ0n) is 19.0. The van der Waals surface area contributed by atoms with Gasteiger partial charge in [-0.3, -0.25) is 9.69 Å². The van der Waals surface area contributed by atoms with Crippen molar-refractivity contribution in [1.29, 1.82) is 0 Å². The highest BCUT2D eigenvalue weighted by Gasteiger charge is 2.46. The number of amides is 1. The van der Waals surface area contributed by atoms with Crippen molar-refractivity contribution in [3.05, 3.63) is 52.7 Å². The molecule has 1 aromatic carbocycles. The zero-order valence-corrected chi connectivity index (χ0v) is 19.0. The van der Waals surface area contributed by atoms with E-state index in [1.165, 1.54) is 6.07 Å². The molecule has 170 valence electrons. The van der Waals surface area contributed by atoms with Crippen LogP contribution in [0, 0.1) is 5.82 Å². The molecule has 0 radical (unpaired) electrons. The van der Waals surface area contributed by atoms with Crippen LogP contribution >= 0.6 is 0 Å². The SMILES string of the molecule is CNc1nc(C2CCCN2C)nc2c1CCN(C(=O)C1(c3cccc(F)c3)CCCC1)C2. The molecule has 1 amide bonds. The number of nitrogens with one attached hydrogen (secondary N) is 1. The monoisotopic (exact) mass is 437 g/mol. The summed E-state index contributed by atoms with van der Waals surface area (Å²) in [5, 5.41) is 3.26. The minimum absolute atomic E-state index is 0.121. The summed E-state index contributed by atoms with van der Waals surface area (Å²) in [6.07, 6.45) is 6.50. The number of carbonyl (C=O) groups is 1. The molecule has 1 atom stereocenters. The van der Waals surface area contributed by atoms with E-state index in [1.54, 1.807) is 12.1 Å². The van der Waals surface area contributed by atoms with Crippen LogP contribution in [0.25, 0.3) is 0 Å². The van der Waals surface area contributed by atoms with Gasteiger partial charge in [0, 0.05) is 19.2 Å². The van der Waals surface area contributed by atoms with Crippen molar-refractivity contribution in [2.45, 2.75) is 62.9 Å². The zero-order chi connectivity index (χ0) is 22.3. The van der Waals surface area contributed by atoms with Gasteiger partial charge in [0.1, 0.15) is 17.5 Å². The van der Waals surface area contributed by atoms with Gasteiger partial charge in [-0.2, -0.15) is 0 Å². The molecule has 3 heterocycles. The molecule has 0 bridgehead atoms. The number of likely N-dealkylation sites (tertiary alicyclic amines) is 1. The van der Waals surface area contributed by atoms with E-state index in [0.717, 1.165) is 80.0 Å². The van der Waals surface area contributed by atoms with Crippen LogP contribution in [0.15, 0.2) is 24.3 Å². The number of hydrogen-bond acceptors (Lipinski definition) is 5. The quantitative estimate of drug-likeness (QED) is 0.788. The van der Waals surface area contributed by atoms with Crippen LogP contribution < -0.4 is 5.32 Å². The number of benzene rings is 1. The third-order valence-corrected chi connectivity index (χ3v) is 7.67. The summed E-state index contributed by atoms with van der Waals surface area (Å²) >= 11 is 0. The lowest BCUT2D eigenvalue weighted by Crippen LogP contribution is -2.47. The summed E-state index contributed by atoms with van der Waals surface area (Å²) in [6.45, 7) is 2.19. The van der Waals surface area contributed by atoms with Crippen LogP contribution in [0.2, 0.25) is 0 Å². The molecule has 3 aliphatic rings. The van der Waals surface area contributed by atoms with Gasteiger partial charge in [0.25, 0.3) is 0 Å². The highest BCUT2D eigenvalue weighted by Crippen LogP contribution is 2.43. The first kappa shape index (κ1) is 21.3. The maximum absolute atomic E-state index is 14.0. The second-order valence-corrected chi connectivity index (χ2v) is 9.52. The van der Waals surface area contributed by atoms with Gasteiger partial charge in [-0.1, -0.05) is 25.0 Å². The van der Waals surface area contributed by atoms with E-state index in [-0.39, 0.29) is 17.8 Å². The second kappa shape index (κ2) is 8.43. The lowest BCUT2D eigenvalue weighted by atomic mass is 9.77. The summed E-state index contributed by atoms with van der Waals surface area (Å²) in [4.78, 5) is 28.0. The topological polar surface area (TPSA) is 61.4 Å². The number of anilines is 1. The first-order valence-electron chi connectivity index (χ1n) is 11.8. The van der Waals surface area contributed by atoms with Crippen molar-refractivity contribution in [3.8, 4) is 0 Å². The minimum atomic E-state index is -0.618. The normalized spacial score (nSPS) is 22.7. The van der Waals surface area contributed by atoms with Gasteiger partial charge in [-0.05, 0) is 63.4 Å². The van der Waals surface area contributed by atoms with Gasteiger partial charge in [-0.25, -0.2) is 14.4 Å². The van der Waals surface area contributed by atoms with Gasteiger partial charge in [-0.15, -0.1) is 0 Å². The number of hydrogen-bond donors (Lipinski definition) is 1. The molecule has 1 saturated carbocycles. The van der Waals surface area contributed by atoms with Crippen LogP contribution in [0.1, 0.15) is 67.2 Å². The second-order valence-electron chi connectivity index (χ2n) is 9.52. The summed E-state index contributed by atoms with van der Waals surface area (Å²) < 4.78 is 14.0. The first-order chi connectivity index (χ1) is 15.5. The average Bonchev–Trinajstić information content (AvgIpc) is 3.47. The number of nitrogens with zero attached hydrogens (tertiary/aromatic N) is 4. The van der Waals surface area contributed by atoms with Crippen molar-refractivity contribution in [1.82, 2.24) is 19.8 Å². The fraction of sp³-hybridized carbons (Fsp3) is 0.560. The van der Waals surface area contributed by atoms with Crippen molar-refractivity contribution < 1.29 is 9.18 Å². The summed E-state index contributed by atoms with van der Waals surface area (Å²) in [5.41, 5.74) is 2.27. The fourth-order valence-corrected chi connectivity index (χ4v) is 5.91. The third-order valence-electron chi connectivity index (χ3n) is 7.67. The van der Waals surface area contributed by atoms with Crippen molar-refractivity contribution >= 4 is 11.7 Å². The van der Waals surface area contributed by atoms with Crippen molar-refractivity contribution in [2.24, 2.45) is 0 Å². The highest BCUT2D eigenvalue weighted by molar-refractivity contribution is 5.89. The van der Waals surface area contributed by atoms with Gasteiger partial charge in [0.05, 0.1) is 23.7 Å². The number of fused-ring (bicyclic) bond motifs is 1. The van der Waals surface area contributed by atoms with E-state index < -0.39 is 5.41 Å². The first-order valence-corrected chi connectivity index (χ1v) is 11.8. The largest absolute Gasteiger partial charge is 0.373 e. The Morgan fingerprint density at radius 1 is 1.19 bits per heavy atom. The van der Waals surface area contributed by atoms with Crippen LogP contribution in [0.3, 0.4) is 0 Å². The molecule has 32 heavy (non-hydrogen) atoms. The Morgan fingerprint density at radius 3 is 2.69 bits per heavy atom. The molecule has 2 aliphatic heterocycles. The van der Waals surface area contributed by atoms with Gasteiger partial charge in [0.15, 0.2) is 0 Å². The van der Waals surface area contributed by atoms with Crippen LogP contribution in [0.4, 0.5) is 10.2 Å². The smallest absolute Gasteiger partial charge is 0.233 e. The predicted molar refractivity (Wildman–Crippen MR) is 122 cm³/mol. The molecule has 1 aromatic heterocycles. The Balaban J connectivity index is 1.47. The number of aromatic nitrogens is 2. The predicted octanol–water partition coefficient (Wildman–Crippen LogP) is 3.82. The number of halogens is 1. The molecule has 5 rings (SSSR count). The lowest BCUT2D eigenvalue weighted by Gasteiger charge is -2.37. The molecule has 1 saturated heterocycles. The maximum atomic E-state index is 14.0. The molecule has 2 fully saturated rings. The highest BCUT2D eigenvalue weighted by atomic mass is 19.1. The molecule has 1 aliphatic carbocycles. The van der Waals surface area contributed by atoms with Crippen LogP contribution in [-0.2, 0) is 23.2 Å². The summed E-state index contributed by atoms with van der Waals surface area (Å²) in [7, 11) is 4.03. The van der Waals surface area contributed by atoms with Gasteiger partial charge in [0.2, 0.25) is 5.91 Å². The molecule has 0 spiro atoms. The maximum Gasteiger partial charge on any atom is 0.233 e. The minimum Gasteiger partial charge on any atom is -0.373 e. The lowest BCUT2D eigenvalue weighted by molar-refractivity contribution is -0.138. The van der Waals surface area contributed by atoms with Crippen LogP contribution in [0.5, 0.6) is 0 Å². The molecule has 6 nitrogen and oxygen atoms in total. The van der Waals surface area contributed by atoms with Crippen molar-refractivity contribution in [2.75, 3.05) is 32.5 Å². The van der Waals surface area contributed by atoms with Crippen LogP contribution in [-0.4, -0.2) is 52.9 Å². The Hall–Kier alpha value is -2.54. The molecule has 7 heteroatoms. The summed E-state index contributed by atoms with van der Waals surface area (Å²) in [5.74, 6) is 1.58. The number of carbonyl (C=O) groups excluding carboxylic acids is 1. The number of rotatable bonds is 4. The molecular formula is C25H32FN5O. The standard InChI is InChI=1S/C25H32FN5O/c1-27-22-19-10-14-31(16-20(19)28-23(29-22)21-9-6-13-30(21)2)24(32)25(11-3-4-12-25)17-7-5-8-18(26)15-17/h5,7-8,15,21H,3-4,6,9-14,16H2,1-2H3,(H,27,28,29). The van der Waals surface area contributed by atoms with Crippen molar-refractivity contribution in [3.63, 3.8) is 0 Å². The Bertz CT molecular complexity index is 1020. The fourth-order valence-electron chi connectivity index (χ4n) is 5.91. The van der Waals surface area contributed by atoms with E-state index in [9.17, 15) is 9.18 Å². The molecule has 2 aromatic rings. The van der Waals surface area contributed by atoms with E-state index in [2.05, 4.69) is 17.3 Å². The van der Waals surface area contributed by atoms with Gasteiger partial charge >= 0.3 is 0 Å². The molecule has 1 unspecified atom stereocenters. The van der Waals surface area contributed by atoms with E-state index >= 15 is 0 Å². The average molecular weight is 438 g/mol. The summed E-state index contributed by atoms with van der Waals surface area (Å²) in [6, 6.07) is 6.87.